The zero-order chi connectivity index (χ0) is 16.9. The van der Waals surface area contributed by atoms with Gasteiger partial charge in [-0.25, -0.2) is 4.79 Å². The van der Waals surface area contributed by atoms with Crippen molar-refractivity contribution in [3.63, 3.8) is 0 Å². The van der Waals surface area contributed by atoms with Crippen molar-refractivity contribution in [1.82, 2.24) is 5.16 Å². The number of Topliss-reactive ketones (excluding diaryl/α,β-unsaturated/α-hetero) is 1. The molecule has 1 saturated carbocycles. The standard InChI is InChI=1S/C19H21NO4/c1-13-11-18(24-20-13)19(22)23-12-17(21)16-9-7-15(8-10-16)14-5-3-2-4-6-14/h7-11,14H,2-6,12H2,1H3. The highest BCUT2D eigenvalue weighted by atomic mass is 16.6. The number of aromatic nitrogens is 1. The summed E-state index contributed by atoms with van der Waals surface area (Å²) in [6, 6.07) is 9.15. The lowest BCUT2D eigenvalue weighted by Gasteiger charge is -2.22. The maximum atomic E-state index is 12.1. The fourth-order valence-electron chi connectivity index (χ4n) is 3.12. The Morgan fingerprint density at radius 3 is 2.50 bits per heavy atom. The highest BCUT2D eigenvalue weighted by Crippen LogP contribution is 2.32. The molecule has 126 valence electrons. The van der Waals surface area contributed by atoms with Gasteiger partial charge in [0.25, 0.3) is 0 Å². The Morgan fingerprint density at radius 1 is 1.17 bits per heavy atom. The van der Waals surface area contributed by atoms with E-state index in [1.165, 1.54) is 43.7 Å². The van der Waals surface area contributed by atoms with E-state index >= 15 is 0 Å². The van der Waals surface area contributed by atoms with Gasteiger partial charge < -0.3 is 9.26 Å². The summed E-state index contributed by atoms with van der Waals surface area (Å²) in [6.45, 7) is 1.40. The molecule has 1 heterocycles. The third kappa shape index (κ3) is 3.91. The van der Waals surface area contributed by atoms with Gasteiger partial charge in [-0.2, -0.15) is 0 Å². The molecule has 0 N–H and O–H groups in total. The van der Waals surface area contributed by atoms with Crippen LogP contribution < -0.4 is 0 Å². The predicted octanol–water partition coefficient (Wildman–Crippen LogP) is 4.07. The van der Waals surface area contributed by atoms with Gasteiger partial charge in [0.1, 0.15) is 0 Å². The van der Waals surface area contributed by atoms with Crippen LogP contribution in [0.25, 0.3) is 0 Å². The van der Waals surface area contributed by atoms with E-state index < -0.39 is 5.97 Å². The number of nitrogens with zero attached hydrogens (tertiary/aromatic N) is 1. The van der Waals surface area contributed by atoms with Crippen molar-refractivity contribution in [2.45, 2.75) is 44.9 Å². The first-order valence-electron chi connectivity index (χ1n) is 8.37. The first-order chi connectivity index (χ1) is 11.6. The summed E-state index contributed by atoms with van der Waals surface area (Å²) in [5.74, 6) is -0.291. The summed E-state index contributed by atoms with van der Waals surface area (Å²) in [5.41, 5.74) is 2.43. The Hall–Kier alpha value is -2.43. The second kappa shape index (κ2) is 7.43. The van der Waals surface area contributed by atoms with Crippen LogP contribution in [-0.4, -0.2) is 23.5 Å². The Labute approximate surface area is 141 Å². The normalized spacial score (nSPS) is 15.2. The molecule has 5 heteroatoms. The molecule has 24 heavy (non-hydrogen) atoms. The maximum Gasteiger partial charge on any atom is 0.377 e. The van der Waals surface area contributed by atoms with Gasteiger partial charge in [0.15, 0.2) is 12.4 Å². The first kappa shape index (κ1) is 16.4. The number of aryl methyl sites for hydroxylation is 1. The van der Waals surface area contributed by atoms with E-state index in [9.17, 15) is 9.59 Å². The summed E-state index contributed by atoms with van der Waals surface area (Å²) in [5, 5.41) is 3.62. The van der Waals surface area contributed by atoms with Crippen molar-refractivity contribution in [2.75, 3.05) is 6.61 Å². The molecule has 0 bridgehead atoms. The fraction of sp³-hybridized carbons (Fsp3) is 0.421. The summed E-state index contributed by atoms with van der Waals surface area (Å²) in [6.07, 6.45) is 6.33. The largest absolute Gasteiger partial charge is 0.451 e. The fourth-order valence-corrected chi connectivity index (χ4v) is 3.12. The van der Waals surface area contributed by atoms with E-state index in [0.717, 1.165) is 0 Å². The summed E-state index contributed by atoms with van der Waals surface area (Å²) < 4.78 is 9.79. The van der Waals surface area contributed by atoms with Crippen molar-refractivity contribution >= 4 is 11.8 Å². The third-order valence-electron chi connectivity index (χ3n) is 4.47. The smallest absolute Gasteiger partial charge is 0.377 e. The molecule has 1 aliphatic carbocycles. The molecule has 1 aliphatic rings. The minimum atomic E-state index is -0.678. The van der Waals surface area contributed by atoms with Crippen molar-refractivity contribution in [1.29, 1.82) is 0 Å². The van der Waals surface area contributed by atoms with Crippen molar-refractivity contribution in [3.05, 3.63) is 52.9 Å². The second-order valence-electron chi connectivity index (χ2n) is 6.29. The number of hydrogen-bond acceptors (Lipinski definition) is 5. The summed E-state index contributed by atoms with van der Waals surface area (Å²) >= 11 is 0. The van der Waals surface area contributed by atoms with Crippen LogP contribution >= 0.6 is 0 Å². The number of benzene rings is 1. The van der Waals surface area contributed by atoms with Crippen LogP contribution in [0.1, 0.15) is 70.2 Å². The van der Waals surface area contributed by atoms with Gasteiger partial charge in [0, 0.05) is 11.6 Å². The molecular weight excluding hydrogens is 306 g/mol. The minimum Gasteiger partial charge on any atom is -0.451 e. The van der Waals surface area contributed by atoms with Crippen LogP contribution in [0, 0.1) is 6.92 Å². The highest BCUT2D eigenvalue weighted by Gasteiger charge is 2.18. The molecule has 1 fully saturated rings. The second-order valence-corrected chi connectivity index (χ2v) is 6.29. The van der Waals surface area contributed by atoms with Crippen LogP contribution in [0.2, 0.25) is 0 Å². The predicted molar refractivity (Wildman–Crippen MR) is 88.1 cm³/mol. The van der Waals surface area contributed by atoms with E-state index in [2.05, 4.69) is 5.16 Å². The maximum absolute atomic E-state index is 12.1. The molecule has 2 aromatic rings. The van der Waals surface area contributed by atoms with E-state index in [-0.39, 0.29) is 18.2 Å². The monoisotopic (exact) mass is 327 g/mol. The molecule has 5 nitrogen and oxygen atoms in total. The molecule has 0 aliphatic heterocycles. The van der Waals surface area contributed by atoms with Crippen molar-refractivity contribution in [3.8, 4) is 0 Å². The van der Waals surface area contributed by atoms with Gasteiger partial charge in [0.2, 0.25) is 5.76 Å². The average Bonchev–Trinajstić information content (AvgIpc) is 3.07. The Kier molecular flexibility index (Phi) is 5.08. The van der Waals surface area contributed by atoms with E-state index in [0.29, 0.717) is 17.2 Å². The lowest BCUT2D eigenvalue weighted by Crippen LogP contribution is -2.14. The molecule has 1 aromatic carbocycles. The zero-order valence-electron chi connectivity index (χ0n) is 13.8. The topological polar surface area (TPSA) is 69.4 Å². The van der Waals surface area contributed by atoms with E-state index in [1.54, 1.807) is 6.92 Å². The van der Waals surface area contributed by atoms with Crippen LogP contribution in [0.15, 0.2) is 34.9 Å². The Balaban J connectivity index is 1.55. The average molecular weight is 327 g/mol. The molecular formula is C19H21NO4. The van der Waals surface area contributed by atoms with Gasteiger partial charge in [-0.1, -0.05) is 48.7 Å². The molecule has 0 spiro atoms. The highest BCUT2D eigenvalue weighted by molar-refractivity contribution is 5.98. The van der Waals surface area contributed by atoms with Crippen LogP contribution in [-0.2, 0) is 4.74 Å². The van der Waals surface area contributed by atoms with Gasteiger partial charge in [-0.05, 0) is 31.2 Å². The number of ether oxygens (including phenoxy) is 1. The Bertz CT molecular complexity index is 711. The molecule has 0 saturated heterocycles. The number of rotatable bonds is 5. The zero-order valence-corrected chi connectivity index (χ0v) is 13.8. The molecule has 3 rings (SSSR count). The molecule has 0 radical (unpaired) electrons. The van der Waals surface area contributed by atoms with Crippen LogP contribution in [0.5, 0.6) is 0 Å². The number of hydrogen-bond donors (Lipinski definition) is 0. The SMILES string of the molecule is Cc1cc(C(=O)OCC(=O)c2ccc(C3CCCCC3)cc2)on1. The summed E-state index contributed by atoms with van der Waals surface area (Å²) in [4.78, 5) is 23.9. The third-order valence-corrected chi connectivity index (χ3v) is 4.47. The lowest BCUT2D eigenvalue weighted by molar-refractivity contribution is 0.0435. The van der Waals surface area contributed by atoms with Crippen LogP contribution in [0.4, 0.5) is 0 Å². The minimum absolute atomic E-state index is 0.00736. The number of esters is 1. The quantitative estimate of drug-likeness (QED) is 0.611. The molecule has 0 amide bonds. The van der Waals surface area contributed by atoms with E-state index in [1.807, 2.05) is 24.3 Å². The molecule has 0 atom stereocenters. The molecule has 1 aromatic heterocycles. The van der Waals surface area contributed by atoms with Crippen LogP contribution in [0.3, 0.4) is 0 Å². The Morgan fingerprint density at radius 2 is 1.88 bits per heavy atom. The summed E-state index contributed by atoms with van der Waals surface area (Å²) in [7, 11) is 0. The van der Waals surface area contributed by atoms with Gasteiger partial charge in [-0.3, -0.25) is 4.79 Å². The van der Waals surface area contributed by atoms with E-state index in [4.69, 9.17) is 9.26 Å². The number of ketones is 1. The van der Waals surface area contributed by atoms with Gasteiger partial charge in [-0.15, -0.1) is 0 Å². The van der Waals surface area contributed by atoms with Gasteiger partial charge >= 0.3 is 5.97 Å². The molecule has 0 unspecified atom stereocenters. The van der Waals surface area contributed by atoms with Crippen molar-refractivity contribution < 1.29 is 18.8 Å². The first-order valence-corrected chi connectivity index (χ1v) is 8.37. The van der Waals surface area contributed by atoms with Crippen molar-refractivity contribution in [2.24, 2.45) is 0 Å². The number of carbonyl (C=O) groups excluding carboxylic acids is 2. The lowest BCUT2D eigenvalue weighted by atomic mass is 9.84. The number of carbonyl (C=O) groups is 2. The van der Waals surface area contributed by atoms with Gasteiger partial charge in [0.05, 0.1) is 5.69 Å².